The van der Waals surface area contributed by atoms with Crippen molar-refractivity contribution in [2.24, 2.45) is 0 Å². The van der Waals surface area contributed by atoms with Crippen molar-refractivity contribution in [1.82, 2.24) is 0 Å². The molecule has 1 atom stereocenters. The Morgan fingerprint density at radius 1 is 1.17 bits per heavy atom. The van der Waals surface area contributed by atoms with Crippen molar-refractivity contribution in [2.45, 2.75) is 25.7 Å². The van der Waals surface area contributed by atoms with Crippen LogP contribution >= 0.6 is 0 Å². The number of rotatable bonds is 1. The number of allylic oxidation sites excluding steroid dienone is 2. The molecule has 0 aliphatic heterocycles. The lowest BCUT2D eigenvalue weighted by atomic mass is 9.98. The van der Waals surface area contributed by atoms with Gasteiger partial charge in [0.25, 0.3) is 0 Å². The highest BCUT2D eigenvalue weighted by Crippen LogP contribution is 2.27. The summed E-state index contributed by atoms with van der Waals surface area (Å²) < 4.78 is 0. The summed E-state index contributed by atoms with van der Waals surface area (Å²) in [5, 5.41) is 0. The van der Waals surface area contributed by atoms with Crippen molar-refractivity contribution >= 4 is 0 Å². The van der Waals surface area contributed by atoms with E-state index in [1.165, 1.54) is 24.0 Å². The van der Waals surface area contributed by atoms with E-state index in [4.69, 9.17) is 0 Å². The van der Waals surface area contributed by atoms with Gasteiger partial charge in [0.1, 0.15) is 0 Å². The van der Waals surface area contributed by atoms with Gasteiger partial charge in [0.2, 0.25) is 0 Å². The van der Waals surface area contributed by atoms with E-state index in [0.29, 0.717) is 5.92 Å². The fraction of sp³-hybridized carbons (Fsp3) is 0.333. The minimum atomic E-state index is 0.686. The summed E-state index contributed by atoms with van der Waals surface area (Å²) >= 11 is 0. The molecule has 0 spiro atoms. The Balaban J connectivity index is 2.23. The zero-order chi connectivity index (χ0) is 8.39. The third-order valence-electron chi connectivity index (χ3n) is 2.52. The summed E-state index contributed by atoms with van der Waals surface area (Å²) in [4.78, 5) is 0. The van der Waals surface area contributed by atoms with Crippen LogP contribution in [0.1, 0.15) is 29.9 Å². The molecule has 12 heavy (non-hydrogen) atoms. The topological polar surface area (TPSA) is 0 Å². The van der Waals surface area contributed by atoms with Crippen molar-refractivity contribution in [3.8, 4) is 0 Å². The highest BCUT2D eigenvalue weighted by atomic mass is 14.1. The van der Waals surface area contributed by atoms with Crippen LogP contribution in [-0.2, 0) is 0 Å². The molecule has 2 rings (SSSR count). The first-order valence-corrected chi connectivity index (χ1v) is 4.59. The zero-order valence-corrected chi connectivity index (χ0v) is 7.46. The number of aryl methyl sites for hydroxylation is 1. The first-order valence-electron chi connectivity index (χ1n) is 4.59. The normalized spacial score (nSPS) is 21.6. The molecule has 1 aromatic rings. The Morgan fingerprint density at radius 3 is 2.50 bits per heavy atom. The van der Waals surface area contributed by atoms with Crippen molar-refractivity contribution < 1.29 is 0 Å². The van der Waals surface area contributed by atoms with Crippen molar-refractivity contribution in [2.75, 3.05) is 0 Å². The third kappa shape index (κ3) is 1.42. The van der Waals surface area contributed by atoms with Gasteiger partial charge in [0.05, 0.1) is 0 Å². The van der Waals surface area contributed by atoms with Gasteiger partial charge in [-0.2, -0.15) is 0 Å². The monoisotopic (exact) mass is 158 g/mol. The van der Waals surface area contributed by atoms with Crippen molar-refractivity contribution in [3.63, 3.8) is 0 Å². The minimum Gasteiger partial charge on any atom is -0.0879 e. The molecule has 1 aromatic carbocycles. The van der Waals surface area contributed by atoms with Crippen LogP contribution in [0.3, 0.4) is 0 Å². The van der Waals surface area contributed by atoms with Crippen LogP contribution in [-0.4, -0.2) is 0 Å². The maximum absolute atomic E-state index is 2.32. The Morgan fingerprint density at radius 2 is 1.92 bits per heavy atom. The Labute approximate surface area is 73.9 Å². The molecule has 0 nitrogen and oxygen atoms in total. The van der Waals surface area contributed by atoms with Gasteiger partial charge >= 0.3 is 0 Å². The average molecular weight is 158 g/mol. The third-order valence-corrected chi connectivity index (χ3v) is 2.52. The molecule has 0 saturated heterocycles. The van der Waals surface area contributed by atoms with Crippen molar-refractivity contribution in [1.29, 1.82) is 0 Å². The average Bonchev–Trinajstić information content (AvgIpc) is 2.58. The maximum Gasteiger partial charge on any atom is 0.00209 e. The first kappa shape index (κ1) is 7.60. The molecule has 0 unspecified atom stereocenters. The number of hydrogen-bond acceptors (Lipinski definition) is 0. The molecule has 0 aromatic heterocycles. The summed E-state index contributed by atoms with van der Waals surface area (Å²) in [5.74, 6) is 0.686. The van der Waals surface area contributed by atoms with Gasteiger partial charge in [-0.05, 0) is 25.3 Å². The van der Waals surface area contributed by atoms with E-state index in [2.05, 4.69) is 43.3 Å². The molecule has 1 aliphatic carbocycles. The second-order valence-corrected chi connectivity index (χ2v) is 3.52. The summed E-state index contributed by atoms with van der Waals surface area (Å²) in [6.07, 6.45) is 7.15. The van der Waals surface area contributed by atoms with Crippen LogP contribution in [0.5, 0.6) is 0 Å². The number of benzene rings is 1. The van der Waals surface area contributed by atoms with Crippen LogP contribution in [0.2, 0.25) is 0 Å². The van der Waals surface area contributed by atoms with E-state index in [-0.39, 0.29) is 0 Å². The second-order valence-electron chi connectivity index (χ2n) is 3.52. The van der Waals surface area contributed by atoms with Gasteiger partial charge in [0, 0.05) is 5.92 Å². The Bertz CT molecular complexity index is 279. The Kier molecular flexibility index (Phi) is 1.99. The summed E-state index contributed by atoms with van der Waals surface area (Å²) in [7, 11) is 0. The summed E-state index contributed by atoms with van der Waals surface area (Å²) in [6.45, 7) is 2.13. The first-order chi connectivity index (χ1) is 5.86. The van der Waals surface area contributed by atoms with Crippen LogP contribution in [0, 0.1) is 6.92 Å². The van der Waals surface area contributed by atoms with Gasteiger partial charge in [0.15, 0.2) is 0 Å². The van der Waals surface area contributed by atoms with Gasteiger partial charge in [-0.25, -0.2) is 0 Å². The van der Waals surface area contributed by atoms with E-state index < -0.39 is 0 Å². The predicted octanol–water partition coefficient (Wildman–Crippen LogP) is 3.43. The molecular weight excluding hydrogens is 144 g/mol. The van der Waals surface area contributed by atoms with Gasteiger partial charge < -0.3 is 0 Å². The van der Waals surface area contributed by atoms with E-state index in [0.717, 1.165) is 0 Å². The highest BCUT2D eigenvalue weighted by Gasteiger charge is 2.10. The standard InChI is InChI=1S/C12H14/c1-10-6-8-12(9-7-10)11-4-2-3-5-11/h2,4,6-9,11H,3,5H2,1H3/t11-/m1/s1. The molecule has 0 N–H and O–H groups in total. The molecule has 0 amide bonds. The van der Waals surface area contributed by atoms with Gasteiger partial charge in [-0.15, -0.1) is 0 Å². The minimum absolute atomic E-state index is 0.686. The Hall–Kier alpha value is -1.04. The lowest BCUT2D eigenvalue weighted by Crippen LogP contribution is -1.89. The van der Waals surface area contributed by atoms with E-state index in [1.54, 1.807) is 0 Å². The largest absolute Gasteiger partial charge is 0.0879 e. The van der Waals surface area contributed by atoms with Gasteiger partial charge in [-0.1, -0.05) is 42.0 Å². The van der Waals surface area contributed by atoms with Crippen LogP contribution in [0.15, 0.2) is 36.4 Å². The molecule has 0 heterocycles. The lowest BCUT2D eigenvalue weighted by Gasteiger charge is -2.07. The fourth-order valence-electron chi connectivity index (χ4n) is 1.72. The predicted molar refractivity (Wildman–Crippen MR) is 52.3 cm³/mol. The fourth-order valence-corrected chi connectivity index (χ4v) is 1.72. The highest BCUT2D eigenvalue weighted by molar-refractivity contribution is 5.28. The molecule has 62 valence electrons. The van der Waals surface area contributed by atoms with E-state index in [9.17, 15) is 0 Å². The maximum atomic E-state index is 2.32. The molecule has 1 aliphatic rings. The smallest absolute Gasteiger partial charge is 0.00209 e. The second kappa shape index (κ2) is 3.14. The van der Waals surface area contributed by atoms with Crippen LogP contribution in [0.25, 0.3) is 0 Å². The summed E-state index contributed by atoms with van der Waals surface area (Å²) in [6, 6.07) is 8.88. The quantitative estimate of drug-likeness (QED) is 0.549. The van der Waals surface area contributed by atoms with E-state index >= 15 is 0 Å². The zero-order valence-electron chi connectivity index (χ0n) is 7.46. The lowest BCUT2D eigenvalue weighted by molar-refractivity contribution is 0.800. The molecule has 0 radical (unpaired) electrons. The SMILES string of the molecule is Cc1ccc([C@@H]2C=CCC2)cc1. The van der Waals surface area contributed by atoms with E-state index in [1.807, 2.05) is 0 Å². The molecule has 0 fully saturated rings. The molecule has 0 bridgehead atoms. The van der Waals surface area contributed by atoms with Crippen molar-refractivity contribution in [3.05, 3.63) is 47.5 Å². The summed E-state index contributed by atoms with van der Waals surface area (Å²) in [5.41, 5.74) is 2.81. The van der Waals surface area contributed by atoms with Crippen LogP contribution in [0.4, 0.5) is 0 Å². The molecular formula is C12H14. The number of hydrogen-bond donors (Lipinski definition) is 0. The molecule has 0 saturated carbocycles. The molecule has 0 heteroatoms. The van der Waals surface area contributed by atoms with Gasteiger partial charge in [-0.3, -0.25) is 0 Å². The van der Waals surface area contributed by atoms with Crippen LogP contribution < -0.4 is 0 Å².